The Morgan fingerprint density at radius 2 is 1.89 bits per heavy atom. The van der Waals surface area contributed by atoms with Crippen molar-refractivity contribution in [1.82, 2.24) is 19.9 Å². The molecule has 3 aromatic rings. The average Bonchev–Trinajstić information content (AvgIpc) is 3.06. The number of ether oxygens (including phenoxy) is 1. The van der Waals surface area contributed by atoms with E-state index in [4.69, 9.17) is 4.74 Å². The molecule has 0 radical (unpaired) electrons. The lowest BCUT2D eigenvalue weighted by atomic mass is 9.87. The summed E-state index contributed by atoms with van der Waals surface area (Å²) in [6.45, 7) is 3.33. The van der Waals surface area contributed by atoms with Gasteiger partial charge in [-0.25, -0.2) is 15.0 Å². The maximum absolute atomic E-state index is 12.6. The maximum atomic E-state index is 12.6. The molecule has 0 N–H and O–H groups in total. The fourth-order valence-electron chi connectivity index (χ4n) is 3.72. The Balaban J connectivity index is 1.37. The van der Waals surface area contributed by atoms with Crippen molar-refractivity contribution < 1.29 is 9.53 Å². The van der Waals surface area contributed by atoms with Gasteiger partial charge in [0, 0.05) is 23.0 Å². The third-order valence-corrected chi connectivity index (χ3v) is 5.16. The van der Waals surface area contributed by atoms with E-state index < -0.39 is 5.60 Å². The molecule has 0 bridgehead atoms. The van der Waals surface area contributed by atoms with Crippen LogP contribution in [-0.4, -0.2) is 38.8 Å². The molecule has 0 saturated carbocycles. The molecule has 6 nitrogen and oxygen atoms in total. The maximum Gasteiger partial charge on any atom is 0.272 e. The molecule has 2 aromatic heterocycles. The van der Waals surface area contributed by atoms with E-state index in [9.17, 15) is 4.79 Å². The smallest absolute Gasteiger partial charge is 0.272 e. The molecule has 2 aliphatic heterocycles. The number of fused-ring (bicyclic) bond motifs is 2. The predicted molar refractivity (Wildman–Crippen MR) is 98.8 cm³/mol. The lowest BCUT2D eigenvalue weighted by Crippen LogP contribution is -2.61. The summed E-state index contributed by atoms with van der Waals surface area (Å²) in [5.41, 5.74) is 3.70. The second-order valence-electron chi connectivity index (χ2n) is 7.03. The molecule has 5 rings (SSSR count). The molecule has 0 aliphatic carbocycles. The first kappa shape index (κ1) is 16.1. The fraction of sp³-hybridized carbons (Fsp3) is 0.238. The monoisotopic (exact) mass is 358 g/mol. The van der Waals surface area contributed by atoms with Crippen LogP contribution in [0.25, 0.3) is 11.4 Å². The van der Waals surface area contributed by atoms with Crippen LogP contribution >= 0.6 is 0 Å². The molecular formula is C21H18N4O2. The van der Waals surface area contributed by atoms with Gasteiger partial charge < -0.3 is 9.64 Å². The number of hydrogen-bond donors (Lipinski definition) is 0. The van der Waals surface area contributed by atoms with Crippen LogP contribution < -0.4 is 0 Å². The van der Waals surface area contributed by atoms with Crippen molar-refractivity contribution in [2.24, 2.45) is 0 Å². The van der Waals surface area contributed by atoms with E-state index in [-0.39, 0.29) is 5.91 Å². The first-order valence-electron chi connectivity index (χ1n) is 8.93. The zero-order valence-electron chi connectivity index (χ0n) is 14.9. The van der Waals surface area contributed by atoms with E-state index >= 15 is 0 Å². The molecule has 134 valence electrons. The summed E-state index contributed by atoms with van der Waals surface area (Å²) in [7, 11) is 0. The van der Waals surface area contributed by atoms with Crippen LogP contribution in [0.3, 0.4) is 0 Å². The summed E-state index contributed by atoms with van der Waals surface area (Å²) in [5.74, 6) is 0.634. The SMILES string of the molecule is Cc1cccc(C(=O)N2CC3(C2)OCc2nc(-c4ccccc4)ncc23)n1. The zero-order chi connectivity index (χ0) is 18.4. The third kappa shape index (κ3) is 2.61. The van der Waals surface area contributed by atoms with Crippen molar-refractivity contribution in [3.63, 3.8) is 0 Å². The van der Waals surface area contributed by atoms with Crippen LogP contribution in [0.2, 0.25) is 0 Å². The molecule has 0 atom stereocenters. The molecule has 27 heavy (non-hydrogen) atoms. The van der Waals surface area contributed by atoms with Crippen LogP contribution in [0.15, 0.2) is 54.7 Å². The summed E-state index contributed by atoms with van der Waals surface area (Å²) in [5, 5.41) is 0. The highest BCUT2D eigenvalue weighted by Crippen LogP contribution is 2.43. The number of nitrogens with zero attached hydrogens (tertiary/aromatic N) is 4. The number of likely N-dealkylation sites (tertiary alicyclic amines) is 1. The quantitative estimate of drug-likeness (QED) is 0.705. The average molecular weight is 358 g/mol. The van der Waals surface area contributed by atoms with Crippen molar-refractivity contribution in [3.8, 4) is 11.4 Å². The minimum atomic E-state index is -0.482. The second-order valence-corrected chi connectivity index (χ2v) is 7.03. The minimum absolute atomic E-state index is 0.0665. The Morgan fingerprint density at radius 3 is 2.67 bits per heavy atom. The molecule has 0 unspecified atom stereocenters. The number of carbonyl (C=O) groups excluding carboxylic acids is 1. The van der Waals surface area contributed by atoms with Gasteiger partial charge in [0.1, 0.15) is 11.3 Å². The Bertz CT molecular complexity index is 1030. The first-order chi connectivity index (χ1) is 13.1. The van der Waals surface area contributed by atoms with Crippen molar-refractivity contribution in [3.05, 3.63) is 77.4 Å². The Hall–Kier alpha value is -3.12. The van der Waals surface area contributed by atoms with Crippen LogP contribution in [0, 0.1) is 6.92 Å². The van der Waals surface area contributed by atoms with Crippen LogP contribution in [0.5, 0.6) is 0 Å². The number of pyridine rings is 1. The van der Waals surface area contributed by atoms with Gasteiger partial charge in [0.15, 0.2) is 5.82 Å². The summed E-state index contributed by atoms with van der Waals surface area (Å²) in [4.78, 5) is 28.0. The molecule has 1 amide bonds. The van der Waals surface area contributed by atoms with Crippen molar-refractivity contribution >= 4 is 5.91 Å². The van der Waals surface area contributed by atoms with E-state index in [2.05, 4.69) is 15.0 Å². The van der Waals surface area contributed by atoms with Gasteiger partial charge in [0.2, 0.25) is 0 Å². The highest BCUT2D eigenvalue weighted by atomic mass is 16.5. The zero-order valence-corrected chi connectivity index (χ0v) is 14.9. The topological polar surface area (TPSA) is 68.2 Å². The Morgan fingerprint density at radius 1 is 1.07 bits per heavy atom. The van der Waals surface area contributed by atoms with Gasteiger partial charge >= 0.3 is 0 Å². The number of aromatic nitrogens is 3. The number of hydrogen-bond acceptors (Lipinski definition) is 5. The lowest BCUT2D eigenvalue weighted by Gasteiger charge is -2.47. The first-order valence-corrected chi connectivity index (χ1v) is 8.93. The lowest BCUT2D eigenvalue weighted by molar-refractivity contribution is -0.126. The van der Waals surface area contributed by atoms with E-state index in [1.54, 1.807) is 11.0 Å². The van der Waals surface area contributed by atoms with Gasteiger partial charge in [0.05, 0.1) is 25.4 Å². The molecule has 1 saturated heterocycles. The van der Waals surface area contributed by atoms with Crippen molar-refractivity contribution in [1.29, 1.82) is 0 Å². The molecule has 6 heteroatoms. The highest BCUT2D eigenvalue weighted by molar-refractivity contribution is 5.93. The van der Waals surface area contributed by atoms with Crippen molar-refractivity contribution in [2.75, 3.05) is 13.1 Å². The highest BCUT2D eigenvalue weighted by Gasteiger charge is 2.52. The third-order valence-electron chi connectivity index (χ3n) is 5.16. The van der Waals surface area contributed by atoms with Crippen LogP contribution in [0.4, 0.5) is 0 Å². The molecule has 1 aromatic carbocycles. The van der Waals surface area contributed by atoms with Gasteiger partial charge in [0.25, 0.3) is 5.91 Å². The van der Waals surface area contributed by atoms with E-state index in [1.165, 1.54) is 0 Å². The number of benzene rings is 1. The summed E-state index contributed by atoms with van der Waals surface area (Å²) < 4.78 is 6.06. The van der Waals surface area contributed by atoms with Crippen molar-refractivity contribution in [2.45, 2.75) is 19.1 Å². The number of carbonyl (C=O) groups is 1. The predicted octanol–water partition coefficient (Wildman–Crippen LogP) is 2.73. The Labute approximate surface area is 156 Å². The Kier molecular flexibility index (Phi) is 3.55. The second kappa shape index (κ2) is 5.96. The molecule has 2 aliphatic rings. The largest absolute Gasteiger partial charge is 0.360 e. The van der Waals surface area contributed by atoms with E-state index in [0.29, 0.717) is 31.2 Å². The number of rotatable bonds is 2. The van der Waals surface area contributed by atoms with Gasteiger partial charge in [-0.2, -0.15) is 0 Å². The van der Waals surface area contributed by atoms with E-state index in [0.717, 1.165) is 22.5 Å². The van der Waals surface area contributed by atoms with Crippen LogP contribution in [-0.2, 0) is 16.9 Å². The fourth-order valence-corrected chi connectivity index (χ4v) is 3.72. The van der Waals surface area contributed by atoms with Gasteiger partial charge in [-0.3, -0.25) is 4.79 Å². The molecular weight excluding hydrogens is 340 g/mol. The van der Waals surface area contributed by atoms with Gasteiger partial charge in [-0.15, -0.1) is 0 Å². The number of amides is 1. The van der Waals surface area contributed by atoms with E-state index in [1.807, 2.05) is 55.6 Å². The van der Waals surface area contributed by atoms with Crippen LogP contribution in [0.1, 0.15) is 27.4 Å². The van der Waals surface area contributed by atoms with Gasteiger partial charge in [-0.05, 0) is 19.1 Å². The summed E-state index contributed by atoms with van der Waals surface area (Å²) in [6.07, 6.45) is 1.85. The van der Waals surface area contributed by atoms with Gasteiger partial charge in [-0.1, -0.05) is 36.4 Å². The normalized spacial score (nSPS) is 16.9. The molecule has 1 spiro atoms. The molecule has 1 fully saturated rings. The number of aryl methyl sites for hydroxylation is 1. The standard InChI is InChI=1S/C21H18N4O2/c1-14-6-5-9-17(23-14)20(26)25-12-21(13-25)16-10-22-19(24-18(16)11-27-21)15-7-3-2-4-8-15/h2-10H,11-13H2,1H3. The molecule has 4 heterocycles. The summed E-state index contributed by atoms with van der Waals surface area (Å²) >= 11 is 0. The summed E-state index contributed by atoms with van der Waals surface area (Å²) in [6, 6.07) is 15.4. The minimum Gasteiger partial charge on any atom is -0.360 e.